The Morgan fingerprint density at radius 2 is 2.00 bits per heavy atom. The molecule has 2 fully saturated rings. The van der Waals surface area contributed by atoms with Gasteiger partial charge in [0.2, 0.25) is 0 Å². The number of rotatable bonds is 7. The van der Waals surface area contributed by atoms with Gasteiger partial charge in [0, 0.05) is 28.2 Å². The van der Waals surface area contributed by atoms with Gasteiger partial charge in [-0.25, -0.2) is 14.5 Å². The van der Waals surface area contributed by atoms with Crippen LogP contribution in [-0.4, -0.2) is 62.2 Å². The van der Waals surface area contributed by atoms with Crippen molar-refractivity contribution in [2.45, 2.75) is 70.4 Å². The van der Waals surface area contributed by atoms with Crippen molar-refractivity contribution in [3.63, 3.8) is 0 Å². The maximum absolute atomic E-state index is 5.58. The summed E-state index contributed by atoms with van der Waals surface area (Å²) in [6.45, 7) is 8.28. The van der Waals surface area contributed by atoms with Gasteiger partial charge >= 0.3 is 0 Å². The van der Waals surface area contributed by atoms with E-state index >= 15 is 0 Å². The maximum atomic E-state index is 5.58. The summed E-state index contributed by atoms with van der Waals surface area (Å²) >= 11 is 1.83. The second-order valence-corrected chi connectivity index (χ2v) is 11.3. The standard InChI is InChI=1S/C26H33N7O2S/c1-14(2)21-22(17-9-20(34-4)25-27-13-28-33(25)10-17)31-32-23(21)26-29-15(3)24(36-26)16-5-7-18(8-6-16)30-19-11-35-12-19/h9-10,13-14,16,18-19,30H,5-8,11-12H2,1-4H3,(H,31,32). The Morgan fingerprint density at radius 3 is 2.69 bits per heavy atom. The zero-order valence-corrected chi connectivity index (χ0v) is 22.1. The van der Waals surface area contributed by atoms with Gasteiger partial charge in [-0.3, -0.25) is 5.10 Å². The molecule has 1 aliphatic carbocycles. The fourth-order valence-electron chi connectivity index (χ4n) is 5.55. The first-order valence-corrected chi connectivity index (χ1v) is 13.6. The number of methoxy groups -OCH3 is 1. The number of H-pyrrole nitrogens is 1. The Kier molecular flexibility index (Phi) is 6.27. The van der Waals surface area contributed by atoms with E-state index < -0.39 is 0 Å². The van der Waals surface area contributed by atoms with E-state index in [-0.39, 0.29) is 5.92 Å². The predicted octanol–water partition coefficient (Wildman–Crippen LogP) is 4.70. The van der Waals surface area contributed by atoms with Gasteiger partial charge in [-0.15, -0.1) is 11.3 Å². The normalized spacial score (nSPS) is 20.8. The molecule has 0 bridgehead atoms. The van der Waals surface area contributed by atoms with Crippen LogP contribution in [0.25, 0.3) is 27.6 Å². The molecule has 0 atom stereocenters. The van der Waals surface area contributed by atoms with Crippen LogP contribution in [0.1, 0.15) is 67.5 Å². The Hall–Kier alpha value is -2.82. The summed E-state index contributed by atoms with van der Waals surface area (Å²) in [5.41, 5.74) is 5.85. The van der Waals surface area contributed by atoms with Crippen molar-refractivity contribution in [1.82, 2.24) is 35.1 Å². The van der Waals surface area contributed by atoms with Gasteiger partial charge in [-0.1, -0.05) is 13.8 Å². The van der Waals surface area contributed by atoms with Crippen molar-refractivity contribution in [1.29, 1.82) is 0 Å². The molecule has 0 radical (unpaired) electrons. The molecule has 6 rings (SSSR count). The molecule has 5 heterocycles. The first-order valence-electron chi connectivity index (χ1n) is 12.8. The lowest BCUT2D eigenvalue weighted by atomic mass is 9.84. The molecule has 2 N–H and O–H groups in total. The van der Waals surface area contributed by atoms with Crippen LogP contribution >= 0.6 is 11.3 Å². The van der Waals surface area contributed by atoms with Crippen molar-refractivity contribution in [3.8, 4) is 27.7 Å². The van der Waals surface area contributed by atoms with Gasteiger partial charge in [0.25, 0.3) is 0 Å². The average Bonchev–Trinajstić information content (AvgIpc) is 3.59. The van der Waals surface area contributed by atoms with E-state index in [4.69, 9.17) is 19.6 Å². The van der Waals surface area contributed by atoms with Crippen molar-refractivity contribution in [2.24, 2.45) is 0 Å². The minimum atomic E-state index is 0.260. The molecular formula is C26H33N7O2S. The van der Waals surface area contributed by atoms with Crippen LogP contribution in [0, 0.1) is 6.92 Å². The minimum Gasteiger partial charge on any atom is -0.493 e. The van der Waals surface area contributed by atoms with Gasteiger partial charge in [0.05, 0.1) is 43.4 Å². The fourth-order valence-corrected chi connectivity index (χ4v) is 6.80. The molecule has 9 nitrogen and oxygen atoms in total. The molecular weight excluding hydrogens is 474 g/mol. The lowest BCUT2D eigenvalue weighted by molar-refractivity contribution is -0.0121. The molecule has 0 spiro atoms. The second kappa shape index (κ2) is 9.57. The molecule has 36 heavy (non-hydrogen) atoms. The van der Waals surface area contributed by atoms with Gasteiger partial charge in [0.15, 0.2) is 11.4 Å². The van der Waals surface area contributed by atoms with Crippen LogP contribution in [0.4, 0.5) is 0 Å². The van der Waals surface area contributed by atoms with E-state index in [1.807, 2.05) is 23.6 Å². The minimum absolute atomic E-state index is 0.260. The zero-order valence-electron chi connectivity index (χ0n) is 21.2. The van der Waals surface area contributed by atoms with Crippen LogP contribution in [0.3, 0.4) is 0 Å². The van der Waals surface area contributed by atoms with E-state index in [9.17, 15) is 0 Å². The molecule has 1 aliphatic heterocycles. The number of hydrogen-bond donors (Lipinski definition) is 2. The predicted molar refractivity (Wildman–Crippen MR) is 140 cm³/mol. The molecule has 190 valence electrons. The summed E-state index contributed by atoms with van der Waals surface area (Å²) in [5, 5.41) is 17.2. The molecule has 0 amide bonds. The monoisotopic (exact) mass is 507 g/mol. The van der Waals surface area contributed by atoms with Crippen molar-refractivity contribution < 1.29 is 9.47 Å². The summed E-state index contributed by atoms with van der Waals surface area (Å²) in [5.74, 6) is 1.51. The van der Waals surface area contributed by atoms with Gasteiger partial charge in [0.1, 0.15) is 11.3 Å². The summed E-state index contributed by atoms with van der Waals surface area (Å²) in [7, 11) is 1.65. The van der Waals surface area contributed by atoms with Crippen LogP contribution in [0.2, 0.25) is 0 Å². The number of nitrogens with one attached hydrogen (secondary N) is 2. The number of aryl methyl sites for hydroxylation is 1. The Bertz CT molecular complexity index is 1360. The van der Waals surface area contributed by atoms with Crippen molar-refractivity contribution >= 4 is 17.0 Å². The molecule has 0 unspecified atom stereocenters. The third-order valence-electron chi connectivity index (χ3n) is 7.47. The summed E-state index contributed by atoms with van der Waals surface area (Å²) in [6, 6.07) is 3.15. The van der Waals surface area contributed by atoms with Gasteiger partial charge in [-0.2, -0.15) is 10.2 Å². The van der Waals surface area contributed by atoms with Crippen LogP contribution in [-0.2, 0) is 4.74 Å². The number of aromatic amines is 1. The number of aromatic nitrogens is 6. The number of hydrogen-bond acceptors (Lipinski definition) is 8. The highest BCUT2D eigenvalue weighted by Crippen LogP contribution is 2.43. The Balaban J connectivity index is 1.29. The SMILES string of the molecule is COc1cc(-c2n[nH]c(-c3nc(C)c(C4CCC(NC5COC5)CC4)s3)c2C(C)C)cn2ncnc12. The van der Waals surface area contributed by atoms with Crippen LogP contribution in [0.15, 0.2) is 18.6 Å². The average molecular weight is 508 g/mol. The zero-order chi connectivity index (χ0) is 24.8. The maximum Gasteiger partial charge on any atom is 0.197 e. The quantitative estimate of drug-likeness (QED) is 0.374. The highest BCUT2D eigenvalue weighted by molar-refractivity contribution is 7.15. The largest absolute Gasteiger partial charge is 0.493 e. The third kappa shape index (κ3) is 4.21. The van der Waals surface area contributed by atoms with E-state index in [1.54, 1.807) is 11.6 Å². The van der Waals surface area contributed by atoms with Crippen molar-refractivity contribution in [3.05, 3.63) is 34.7 Å². The van der Waals surface area contributed by atoms with E-state index in [2.05, 4.69) is 41.3 Å². The highest BCUT2D eigenvalue weighted by atomic mass is 32.1. The Morgan fingerprint density at radius 1 is 1.19 bits per heavy atom. The smallest absolute Gasteiger partial charge is 0.197 e. The number of nitrogens with zero attached hydrogens (tertiary/aromatic N) is 5. The highest BCUT2D eigenvalue weighted by Gasteiger charge is 2.30. The topological polar surface area (TPSA) is 102 Å². The molecule has 2 aliphatic rings. The van der Waals surface area contributed by atoms with Gasteiger partial charge < -0.3 is 14.8 Å². The number of fused-ring (bicyclic) bond motifs is 1. The molecule has 10 heteroatoms. The van der Waals surface area contributed by atoms with Crippen LogP contribution in [0.5, 0.6) is 5.75 Å². The summed E-state index contributed by atoms with van der Waals surface area (Å²) < 4.78 is 12.6. The number of thiazole rings is 1. The molecule has 1 saturated carbocycles. The molecule has 0 aromatic carbocycles. The first kappa shape index (κ1) is 23.6. The van der Waals surface area contributed by atoms with Gasteiger partial charge in [-0.05, 0) is 50.5 Å². The molecule has 4 aromatic rings. The van der Waals surface area contributed by atoms with Crippen molar-refractivity contribution in [2.75, 3.05) is 20.3 Å². The summed E-state index contributed by atoms with van der Waals surface area (Å²) in [6.07, 6.45) is 8.33. The Labute approximate surface area is 214 Å². The molecule has 4 aromatic heterocycles. The number of pyridine rings is 1. The summed E-state index contributed by atoms with van der Waals surface area (Å²) in [4.78, 5) is 10.8. The lowest BCUT2D eigenvalue weighted by Gasteiger charge is -2.35. The number of ether oxygens (including phenoxy) is 2. The second-order valence-electron chi connectivity index (χ2n) is 10.3. The van der Waals surface area contributed by atoms with E-state index in [1.165, 1.54) is 36.9 Å². The first-order chi connectivity index (χ1) is 17.5. The van der Waals surface area contributed by atoms with Crippen LogP contribution < -0.4 is 10.1 Å². The fraction of sp³-hybridized carbons (Fsp3) is 0.538. The molecule has 1 saturated heterocycles. The lowest BCUT2D eigenvalue weighted by Crippen LogP contribution is -2.51. The van der Waals surface area contributed by atoms with E-state index in [0.29, 0.717) is 29.4 Å². The third-order valence-corrected chi connectivity index (χ3v) is 8.81. The van der Waals surface area contributed by atoms with E-state index in [0.717, 1.165) is 46.4 Å².